The van der Waals surface area contributed by atoms with Crippen LogP contribution in [0, 0.1) is 5.92 Å². The third-order valence-electron chi connectivity index (χ3n) is 5.55. The fourth-order valence-electron chi connectivity index (χ4n) is 3.84. The number of sulfonamides is 1. The van der Waals surface area contributed by atoms with Gasteiger partial charge in [0.05, 0.1) is 0 Å². The molecule has 1 aromatic carbocycles. The summed E-state index contributed by atoms with van der Waals surface area (Å²) in [5.41, 5.74) is 3.71. The van der Waals surface area contributed by atoms with Gasteiger partial charge in [0, 0.05) is 50.7 Å². The quantitative estimate of drug-likeness (QED) is 0.771. The summed E-state index contributed by atoms with van der Waals surface area (Å²) in [4.78, 5) is 17.1. The third-order valence-corrected chi connectivity index (χ3v) is 6.87. The number of hydrogen-bond donors (Lipinski definition) is 1. The van der Waals surface area contributed by atoms with Gasteiger partial charge in [0.25, 0.3) is 10.0 Å². The fourth-order valence-corrected chi connectivity index (χ4v) is 5.06. The molecule has 27 heavy (non-hydrogen) atoms. The first-order valence-corrected chi connectivity index (χ1v) is 10.8. The Morgan fingerprint density at radius 2 is 1.74 bits per heavy atom. The zero-order chi connectivity index (χ0) is 19.0. The van der Waals surface area contributed by atoms with Crippen molar-refractivity contribution in [2.45, 2.75) is 17.7 Å². The van der Waals surface area contributed by atoms with E-state index < -0.39 is 10.0 Å². The zero-order valence-corrected chi connectivity index (χ0v) is 16.3. The average molecular weight is 391 g/mol. The molecule has 3 aliphatic heterocycles. The maximum Gasteiger partial charge on any atom is 0.285 e. The molecule has 1 aromatic rings. The van der Waals surface area contributed by atoms with Crippen molar-refractivity contribution >= 4 is 21.8 Å². The molecular weight excluding hydrogens is 366 g/mol. The predicted molar refractivity (Wildman–Crippen MR) is 102 cm³/mol. The van der Waals surface area contributed by atoms with Crippen molar-refractivity contribution in [3.63, 3.8) is 0 Å². The predicted octanol–water partition coefficient (Wildman–Crippen LogP) is 0.126. The molecule has 4 rings (SSSR count). The van der Waals surface area contributed by atoms with Gasteiger partial charge in [0.1, 0.15) is 4.90 Å². The van der Waals surface area contributed by atoms with Crippen LogP contribution in [0.1, 0.15) is 18.4 Å². The van der Waals surface area contributed by atoms with E-state index in [4.69, 9.17) is 0 Å². The van der Waals surface area contributed by atoms with Gasteiger partial charge in [0.2, 0.25) is 5.91 Å². The van der Waals surface area contributed by atoms with Crippen molar-refractivity contribution in [1.29, 1.82) is 0 Å². The molecule has 8 nitrogen and oxygen atoms in total. The highest BCUT2D eigenvalue weighted by molar-refractivity contribution is 7.90. The summed E-state index contributed by atoms with van der Waals surface area (Å²) in [5, 5.41) is 2.00. The van der Waals surface area contributed by atoms with Crippen LogP contribution in [-0.4, -0.2) is 81.3 Å². The number of amides is 1. The summed E-state index contributed by atoms with van der Waals surface area (Å²) >= 11 is 0. The normalized spacial score (nSPS) is 23.7. The summed E-state index contributed by atoms with van der Waals surface area (Å²) < 4.78 is 28.5. The van der Waals surface area contributed by atoms with Crippen molar-refractivity contribution in [1.82, 2.24) is 20.2 Å². The Balaban J connectivity index is 1.36. The van der Waals surface area contributed by atoms with Crippen LogP contribution in [-0.2, 0) is 14.8 Å². The number of amidine groups is 1. The van der Waals surface area contributed by atoms with Crippen LogP contribution in [0.4, 0.5) is 0 Å². The molecule has 1 amide bonds. The van der Waals surface area contributed by atoms with E-state index in [0.29, 0.717) is 37.3 Å². The van der Waals surface area contributed by atoms with E-state index in [2.05, 4.69) is 21.8 Å². The highest BCUT2D eigenvalue weighted by Crippen LogP contribution is 2.29. The molecule has 0 bridgehead atoms. The topological polar surface area (TPSA) is 85.3 Å². The van der Waals surface area contributed by atoms with E-state index in [9.17, 15) is 13.2 Å². The summed E-state index contributed by atoms with van der Waals surface area (Å²) in [6, 6.07) is 6.93. The lowest BCUT2D eigenvalue weighted by atomic mass is 9.95. The second kappa shape index (κ2) is 7.21. The molecule has 3 heterocycles. The van der Waals surface area contributed by atoms with Crippen LogP contribution in [0.5, 0.6) is 0 Å². The Morgan fingerprint density at radius 1 is 1.07 bits per heavy atom. The Kier molecular flexibility index (Phi) is 4.92. The Morgan fingerprint density at radius 3 is 2.44 bits per heavy atom. The standard InChI is InChI=1S/C18H25N5O3S/c1-21-10-12-23(13-11-21)19-18(24)14-6-8-22(9-7-14)17-15-4-2-3-5-16(15)27(25,26)20-17/h2-5,14H,6-13H2,1H3,(H,19,24). The number of nitrogens with one attached hydrogen (secondary N) is 1. The fraction of sp³-hybridized carbons (Fsp3) is 0.556. The Bertz CT molecular complexity index is 854. The van der Waals surface area contributed by atoms with E-state index in [-0.39, 0.29) is 16.7 Å². The van der Waals surface area contributed by atoms with E-state index >= 15 is 0 Å². The monoisotopic (exact) mass is 391 g/mol. The lowest BCUT2D eigenvalue weighted by molar-refractivity contribution is -0.132. The largest absolute Gasteiger partial charge is 0.355 e. The first-order valence-electron chi connectivity index (χ1n) is 9.37. The number of fused-ring (bicyclic) bond motifs is 1. The minimum Gasteiger partial charge on any atom is -0.355 e. The third kappa shape index (κ3) is 3.71. The number of piperazine rings is 1. The van der Waals surface area contributed by atoms with Crippen LogP contribution in [0.15, 0.2) is 33.6 Å². The number of likely N-dealkylation sites (N-methyl/N-ethyl adjacent to an activating group) is 1. The number of rotatable bonds is 2. The zero-order valence-electron chi connectivity index (χ0n) is 15.5. The van der Waals surface area contributed by atoms with Crippen LogP contribution in [0.25, 0.3) is 0 Å². The van der Waals surface area contributed by atoms with Gasteiger partial charge >= 0.3 is 0 Å². The number of benzene rings is 1. The average Bonchev–Trinajstić information content (AvgIpc) is 2.95. The lowest BCUT2D eigenvalue weighted by Gasteiger charge is -2.36. The lowest BCUT2D eigenvalue weighted by Crippen LogP contribution is -2.54. The number of piperidine rings is 1. The molecule has 9 heteroatoms. The Hall–Kier alpha value is -1.97. The molecule has 146 valence electrons. The highest BCUT2D eigenvalue weighted by Gasteiger charge is 2.34. The van der Waals surface area contributed by atoms with E-state index in [1.807, 2.05) is 16.0 Å². The molecule has 2 saturated heterocycles. The molecule has 0 radical (unpaired) electrons. The molecule has 1 N–H and O–H groups in total. The van der Waals surface area contributed by atoms with Gasteiger partial charge in [-0.3, -0.25) is 10.2 Å². The Labute approximate surface area is 159 Å². The second-order valence-electron chi connectivity index (χ2n) is 7.41. The van der Waals surface area contributed by atoms with Crippen LogP contribution in [0.2, 0.25) is 0 Å². The number of hydrazine groups is 1. The summed E-state index contributed by atoms with van der Waals surface area (Å²) in [6.45, 7) is 4.84. The minimum absolute atomic E-state index is 0.0465. The smallest absolute Gasteiger partial charge is 0.285 e. The van der Waals surface area contributed by atoms with Crippen molar-refractivity contribution in [3.05, 3.63) is 29.8 Å². The number of carbonyl (C=O) groups is 1. The summed E-state index contributed by atoms with van der Waals surface area (Å²) in [7, 11) is -1.52. The number of nitrogens with zero attached hydrogens (tertiary/aromatic N) is 4. The number of hydrogen-bond acceptors (Lipinski definition) is 6. The maximum absolute atomic E-state index is 12.6. The molecule has 0 spiro atoms. The van der Waals surface area contributed by atoms with Crippen LogP contribution in [0.3, 0.4) is 0 Å². The molecular formula is C18H25N5O3S. The van der Waals surface area contributed by atoms with Crippen LogP contribution >= 0.6 is 0 Å². The summed E-state index contributed by atoms with van der Waals surface area (Å²) in [6.07, 6.45) is 1.39. The maximum atomic E-state index is 12.6. The van der Waals surface area contributed by atoms with E-state index in [0.717, 1.165) is 26.2 Å². The SMILES string of the molecule is CN1CCN(NC(=O)C2CCN(C3=NS(=O)(=O)c4ccccc43)CC2)CC1. The van der Waals surface area contributed by atoms with Crippen LogP contribution < -0.4 is 5.43 Å². The molecule has 0 atom stereocenters. The number of likely N-dealkylation sites (tertiary alicyclic amines) is 1. The highest BCUT2D eigenvalue weighted by atomic mass is 32.2. The van der Waals surface area contributed by atoms with Crippen molar-refractivity contribution in [2.24, 2.45) is 10.3 Å². The van der Waals surface area contributed by atoms with Gasteiger partial charge in [-0.1, -0.05) is 12.1 Å². The molecule has 0 aromatic heterocycles. The van der Waals surface area contributed by atoms with Gasteiger partial charge in [-0.2, -0.15) is 8.42 Å². The molecule has 2 fully saturated rings. The second-order valence-corrected chi connectivity index (χ2v) is 8.99. The van der Waals surface area contributed by atoms with Gasteiger partial charge in [-0.05, 0) is 32.0 Å². The van der Waals surface area contributed by atoms with Crippen molar-refractivity contribution in [3.8, 4) is 0 Å². The van der Waals surface area contributed by atoms with Crippen molar-refractivity contribution in [2.75, 3.05) is 46.3 Å². The number of carbonyl (C=O) groups excluding carboxylic acids is 1. The van der Waals surface area contributed by atoms with E-state index in [1.165, 1.54) is 0 Å². The molecule has 0 unspecified atom stereocenters. The van der Waals surface area contributed by atoms with E-state index in [1.54, 1.807) is 18.2 Å². The van der Waals surface area contributed by atoms with Gasteiger partial charge in [0.15, 0.2) is 5.84 Å². The summed E-state index contributed by atoms with van der Waals surface area (Å²) in [5.74, 6) is 0.541. The molecule has 0 aliphatic carbocycles. The first-order chi connectivity index (χ1) is 12.9. The minimum atomic E-state index is -3.60. The van der Waals surface area contributed by atoms with Gasteiger partial charge in [-0.25, -0.2) is 5.01 Å². The van der Waals surface area contributed by atoms with Gasteiger partial charge < -0.3 is 9.80 Å². The molecule has 0 saturated carbocycles. The van der Waals surface area contributed by atoms with Gasteiger partial charge in [-0.15, -0.1) is 4.40 Å². The molecule has 3 aliphatic rings. The first kappa shape index (κ1) is 18.4. The van der Waals surface area contributed by atoms with Crippen molar-refractivity contribution < 1.29 is 13.2 Å².